The van der Waals surface area contributed by atoms with Crippen LogP contribution >= 0.6 is 0 Å². The summed E-state index contributed by atoms with van der Waals surface area (Å²) in [6, 6.07) is 6.95. The third kappa shape index (κ3) is 5.21. The van der Waals surface area contributed by atoms with Gasteiger partial charge in [-0.15, -0.1) is 0 Å². The highest BCUT2D eigenvalue weighted by atomic mass is 16.6. The van der Waals surface area contributed by atoms with Crippen LogP contribution in [0.25, 0.3) is 0 Å². The second-order valence-corrected chi connectivity index (χ2v) is 3.37. The number of ether oxygens (including phenoxy) is 2. The molecule has 0 bridgehead atoms. The number of rotatable bonds is 6. The predicted octanol–water partition coefficient (Wildman–Crippen LogP) is 1.52. The van der Waals surface area contributed by atoms with Crippen molar-refractivity contribution in [2.45, 2.75) is 13.3 Å². The van der Waals surface area contributed by atoms with Gasteiger partial charge in [-0.25, -0.2) is 4.79 Å². The molecule has 0 aliphatic carbocycles. The van der Waals surface area contributed by atoms with Gasteiger partial charge in [0.05, 0.1) is 6.61 Å². The van der Waals surface area contributed by atoms with Crippen molar-refractivity contribution in [3.8, 4) is 11.5 Å². The number of nitrogens with one attached hydrogen (secondary N) is 1. The van der Waals surface area contributed by atoms with Crippen LogP contribution in [0.3, 0.4) is 0 Å². The van der Waals surface area contributed by atoms with E-state index < -0.39 is 6.09 Å². The van der Waals surface area contributed by atoms with Gasteiger partial charge in [-0.1, -0.05) is 6.07 Å². The standard InChI is InChI=1S/C12H18N2O3/c1-2-16-10-5-3-6-11(9-10)17-12(15)14-8-4-7-13/h3,5-6,9H,2,4,7-8,13H2,1H3,(H,14,15). The van der Waals surface area contributed by atoms with Crippen LogP contribution in [0.5, 0.6) is 11.5 Å². The fourth-order valence-corrected chi connectivity index (χ4v) is 1.23. The van der Waals surface area contributed by atoms with Crippen molar-refractivity contribution < 1.29 is 14.3 Å². The van der Waals surface area contributed by atoms with Crippen LogP contribution in [0.4, 0.5) is 4.79 Å². The first kappa shape index (κ1) is 13.3. The molecule has 0 aliphatic rings. The maximum Gasteiger partial charge on any atom is 0.412 e. The lowest BCUT2D eigenvalue weighted by atomic mass is 10.3. The summed E-state index contributed by atoms with van der Waals surface area (Å²) < 4.78 is 10.4. The van der Waals surface area contributed by atoms with Gasteiger partial charge in [-0.05, 0) is 32.0 Å². The van der Waals surface area contributed by atoms with Crippen molar-refractivity contribution >= 4 is 6.09 Å². The fourth-order valence-electron chi connectivity index (χ4n) is 1.23. The van der Waals surface area contributed by atoms with Gasteiger partial charge in [-0.3, -0.25) is 0 Å². The Labute approximate surface area is 101 Å². The molecule has 1 aromatic carbocycles. The van der Waals surface area contributed by atoms with Crippen LogP contribution in [0.1, 0.15) is 13.3 Å². The monoisotopic (exact) mass is 238 g/mol. The summed E-state index contributed by atoms with van der Waals surface area (Å²) in [4.78, 5) is 11.3. The van der Waals surface area contributed by atoms with Crippen molar-refractivity contribution in [3.63, 3.8) is 0 Å². The Balaban J connectivity index is 2.44. The number of benzene rings is 1. The number of carbonyl (C=O) groups excluding carboxylic acids is 1. The van der Waals surface area contributed by atoms with E-state index in [0.29, 0.717) is 31.2 Å². The van der Waals surface area contributed by atoms with E-state index in [0.717, 1.165) is 6.42 Å². The smallest absolute Gasteiger partial charge is 0.412 e. The second-order valence-electron chi connectivity index (χ2n) is 3.37. The molecule has 0 heterocycles. The molecule has 1 aromatic rings. The largest absolute Gasteiger partial charge is 0.494 e. The van der Waals surface area contributed by atoms with E-state index in [-0.39, 0.29) is 0 Å². The minimum Gasteiger partial charge on any atom is -0.494 e. The fraction of sp³-hybridized carbons (Fsp3) is 0.417. The number of hydrogen-bond donors (Lipinski definition) is 2. The summed E-state index contributed by atoms with van der Waals surface area (Å²) in [6.45, 7) is 3.53. The summed E-state index contributed by atoms with van der Waals surface area (Å²) in [5.41, 5.74) is 5.31. The molecule has 0 unspecified atom stereocenters. The normalized spacial score (nSPS) is 9.76. The van der Waals surface area contributed by atoms with Gasteiger partial charge in [0.1, 0.15) is 11.5 Å². The van der Waals surface area contributed by atoms with E-state index in [1.165, 1.54) is 0 Å². The molecule has 3 N–H and O–H groups in total. The Hall–Kier alpha value is -1.75. The summed E-state index contributed by atoms with van der Waals surface area (Å²) in [7, 11) is 0. The number of carbonyl (C=O) groups is 1. The van der Waals surface area contributed by atoms with Gasteiger partial charge < -0.3 is 20.5 Å². The minimum atomic E-state index is -0.480. The van der Waals surface area contributed by atoms with Crippen molar-refractivity contribution in [1.82, 2.24) is 5.32 Å². The molecule has 0 fully saturated rings. The molecule has 17 heavy (non-hydrogen) atoms. The van der Waals surface area contributed by atoms with Crippen LogP contribution in [0.15, 0.2) is 24.3 Å². The molecule has 0 spiro atoms. The lowest BCUT2D eigenvalue weighted by Gasteiger charge is -2.07. The quantitative estimate of drug-likeness (QED) is 0.737. The van der Waals surface area contributed by atoms with Crippen LogP contribution in [0, 0.1) is 0 Å². The summed E-state index contributed by atoms with van der Waals surface area (Å²) >= 11 is 0. The number of amides is 1. The molecule has 1 rings (SSSR count). The van der Waals surface area contributed by atoms with Gasteiger partial charge >= 0.3 is 6.09 Å². The molecule has 0 aromatic heterocycles. The maximum atomic E-state index is 11.3. The van der Waals surface area contributed by atoms with Crippen LogP contribution < -0.4 is 20.5 Å². The SMILES string of the molecule is CCOc1cccc(OC(=O)NCCCN)c1. The van der Waals surface area contributed by atoms with E-state index in [9.17, 15) is 4.79 Å². The van der Waals surface area contributed by atoms with Gasteiger partial charge in [0.25, 0.3) is 0 Å². The third-order valence-electron chi connectivity index (χ3n) is 1.98. The predicted molar refractivity (Wildman–Crippen MR) is 65.3 cm³/mol. The Morgan fingerprint density at radius 3 is 2.88 bits per heavy atom. The molecule has 5 heteroatoms. The van der Waals surface area contributed by atoms with Gasteiger partial charge in [0.2, 0.25) is 0 Å². The molecule has 0 radical (unpaired) electrons. The zero-order valence-electron chi connectivity index (χ0n) is 9.94. The molecule has 0 saturated heterocycles. The first-order valence-corrected chi connectivity index (χ1v) is 5.65. The van der Waals surface area contributed by atoms with Crippen LogP contribution in [-0.2, 0) is 0 Å². The molecule has 5 nitrogen and oxygen atoms in total. The first-order chi connectivity index (χ1) is 8.26. The highest BCUT2D eigenvalue weighted by Gasteiger charge is 2.04. The van der Waals surface area contributed by atoms with E-state index >= 15 is 0 Å². The summed E-state index contributed by atoms with van der Waals surface area (Å²) in [5, 5.41) is 2.60. The molecular formula is C12H18N2O3. The average molecular weight is 238 g/mol. The van der Waals surface area contributed by atoms with E-state index in [1.807, 2.05) is 13.0 Å². The van der Waals surface area contributed by atoms with E-state index in [2.05, 4.69) is 5.32 Å². The zero-order chi connectivity index (χ0) is 12.5. The van der Waals surface area contributed by atoms with Gasteiger partial charge in [0, 0.05) is 12.6 Å². The highest BCUT2D eigenvalue weighted by molar-refractivity contribution is 5.70. The number of hydrogen-bond acceptors (Lipinski definition) is 4. The Morgan fingerprint density at radius 1 is 1.41 bits per heavy atom. The molecule has 0 atom stereocenters. The summed E-state index contributed by atoms with van der Waals surface area (Å²) in [5.74, 6) is 1.14. The van der Waals surface area contributed by atoms with Gasteiger partial charge in [-0.2, -0.15) is 0 Å². The first-order valence-electron chi connectivity index (χ1n) is 5.65. The molecule has 94 valence electrons. The van der Waals surface area contributed by atoms with E-state index in [4.69, 9.17) is 15.2 Å². The Kier molecular flexibility index (Phi) is 5.88. The molecule has 1 amide bonds. The topological polar surface area (TPSA) is 73.6 Å². The van der Waals surface area contributed by atoms with Crippen LogP contribution in [-0.4, -0.2) is 25.8 Å². The highest BCUT2D eigenvalue weighted by Crippen LogP contribution is 2.19. The summed E-state index contributed by atoms with van der Waals surface area (Å²) in [6.07, 6.45) is 0.251. The van der Waals surface area contributed by atoms with Crippen molar-refractivity contribution in [1.29, 1.82) is 0 Å². The van der Waals surface area contributed by atoms with Crippen LogP contribution in [0.2, 0.25) is 0 Å². The third-order valence-corrected chi connectivity index (χ3v) is 1.98. The van der Waals surface area contributed by atoms with E-state index in [1.54, 1.807) is 18.2 Å². The van der Waals surface area contributed by atoms with Crippen molar-refractivity contribution in [2.75, 3.05) is 19.7 Å². The van der Waals surface area contributed by atoms with Gasteiger partial charge in [0.15, 0.2) is 0 Å². The molecule has 0 aliphatic heterocycles. The Morgan fingerprint density at radius 2 is 2.18 bits per heavy atom. The molecule has 0 saturated carbocycles. The number of nitrogens with two attached hydrogens (primary N) is 1. The van der Waals surface area contributed by atoms with Crippen molar-refractivity contribution in [2.24, 2.45) is 5.73 Å². The van der Waals surface area contributed by atoms with Crippen molar-refractivity contribution in [3.05, 3.63) is 24.3 Å². The lowest BCUT2D eigenvalue weighted by Crippen LogP contribution is -2.28. The molecular weight excluding hydrogens is 220 g/mol. The lowest BCUT2D eigenvalue weighted by molar-refractivity contribution is 0.200. The maximum absolute atomic E-state index is 11.3. The second kappa shape index (κ2) is 7.51. The zero-order valence-corrected chi connectivity index (χ0v) is 9.94. The minimum absolute atomic E-state index is 0.459. The average Bonchev–Trinajstić information content (AvgIpc) is 2.30. The Bertz CT molecular complexity index is 355.